The fourth-order valence-electron chi connectivity index (χ4n) is 3.33. The maximum absolute atomic E-state index is 4.92. The van der Waals surface area contributed by atoms with Crippen molar-refractivity contribution in [2.75, 3.05) is 0 Å². The number of benzene rings is 1. The summed E-state index contributed by atoms with van der Waals surface area (Å²) in [7, 11) is 0. The van der Waals surface area contributed by atoms with Crippen molar-refractivity contribution >= 4 is 0 Å². The van der Waals surface area contributed by atoms with E-state index in [9.17, 15) is 0 Å². The van der Waals surface area contributed by atoms with E-state index < -0.39 is 0 Å². The van der Waals surface area contributed by atoms with Crippen molar-refractivity contribution in [1.82, 2.24) is 15.0 Å². The largest absolute Gasteiger partial charge is 0.250 e. The summed E-state index contributed by atoms with van der Waals surface area (Å²) in [6.45, 7) is 4.12. The molecule has 0 amide bonds. The van der Waals surface area contributed by atoms with Crippen LogP contribution in [0.4, 0.5) is 0 Å². The van der Waals surface area contributed by atoms with E-state index in [-0.39, 0.29) is 0 Å². The van der Waals surface area contributed by atoms with Crippen molar-refractivity contribution < 1.29 is 0 Å². The van der Waals surface area contributed by atoms with E-state index in [1.807, 2.05) is 25.1 Å². The zero-order valence-corrected chi connectivity index (χ0v) is 14.2. The first-order valence-electron chi connectivity index (χ1n) is 8.61. The molecule has 3 heteroatoms. The monoisotopic (exact) mass is 315 g/mol. The van der Waals surface area contributed by atoms with Crippen LogP contribution in [0.5, 0.6) is 0 Å². The van der Waals surface area contributed by atoms with Gasteiger partial charge in [-0.05, 0) is 51.7 Å². The zero-order chi connectivity index (χ0) is 16.5. The van der Waals surface area contributed by atoms with Gasteiger partial charge in [-0.1, -0.05) is 35.9 Å². The van der Waals surface area contributed by atoms with Crippen LogP contribution < -0.4 is 0 Å². The number of hydrogen-bond donors (Lipinski definition) is 0. The van der Waals surface area contributed by atoms with Crippen LogP contribution in [0.25, 0.3) is 22.8 Å². The van der Waals surface area contributed by atoms with Crippen molar-refractivity contribution in [3.8, 4) is 22.8 Å². The number of fused-ring (bicyclic) bond motifs is 1. The zero-order valence-electron chi connectivity index (χ0n) is 14.2. The summed E-state index contributed by atoms with van der Waals surface area (Å²) in [6.07, 6.45) is 4.53. The van der Waals surface area contributed by atoms with E-state index in [0.29, 0.717) is 0 Å². The highest BCUT2D eigenvalue weighted by Gasteiger charge is 2.19. The Labute approximate surface area is 142 Å². The van der Waals surface area contributed by atoms with Gasteiger partial charge < -0.3 is 0 Å². The highest BCUT2D eigenvalue weighted by atomic mass is 14.9. The molecule has 0 aliphatic heterocycles. The molecule has 0 radical (unpaired) electrons. The van der Waals surface area contributed by atoms with Crippen LogP contribution in [-0.4, -0.2) is 15.0 Å². The topological polar surface area (TPSA) is 38.7 Å². The maximum atomic E-state index is 4.92. The van der Waals surface area contributed by atoms with Gasteiger partial charge in [0.15, 0.2) is 5.82 Å². The maximum Gasteiger partial charge on any atom is 0.178 e. The molecule has 0 atom stereocenters. The van der Waals surface area contributed by atoms with Gasteiger partial charge in [0.1, 0.15) is 5.69 Å². The lowest BCUT2D eigenvalue weighted by Crippen LogP contribution is -2.11. The summed E-state index contributed by atoms with van der Waals surface area (Å²) in [5, 5.41) is 0. The molecule has 4 rings (SSSR count). The fraction of sp³-hybridized carbons (Fsp3) is 0.286. The molecular weight excluding hydrogens is 294 g/mol. The molecule has 3 nitrogen and oxygen atoms in total. The first-order chi connectivity index (χ1) is 11.7. The lowest BCUT2D eigenvalue weighted by molar-refractivity contribution is 0.665. The number of nitrogens with zero attached hydrogens (tertiary/aromatic N) is 3. The minimum atomic E-state index is 0.745. The Balaban J connectivity index is 1.91. The lowest BCUT2D eigenvalue weighted by Gasteiger charge is -2.19. The number of aromatic nitrogens is 3. The molecule has 0 saturated heterocycles. The second-order valence-corrected chi connectivity index (χ2v) is 6.56. The van der Waals surface area contributed by atoms with Crippen molar-refractivity contribution in [2.24, 2.45) is 0 Å². The molecule has 1 aromatic carbocycles. The number of rotatable bonds is 2. The molecule has 0 bridgehead atoms. The summed E-state index contributed by atoms with van der Waals surface area (Å²) in [5.41, 5.74) is 7.89. The molecule has 0 saturated carbocycles. The van der Waals surface area contributed by atoms with Gasteiger partial charge in [0.25, 0.3) is 0 Å². The van der Waals surface area contributed by atoms with Gasteiger partial charge in [-0.2, -0.15) is 0 Å². The smallest absolute Gasteiger partial charge is 0.178 e. The Bertz CT molecular complexity index is 882. The molecule has 0 unspecified atom stereocenters. The Morgan fingerprint density at radius 2 is 1.58 bits per heavy atom. The normalized spacial score (nSPS) is 13.6. The van der Waals surface area contributed by atoms with Gasteiger partial charge in [0, 0.05) is 22.5 Å². The Kier molecular flexibility index (Phi) is 3.85. The third kappa shape index (κ3) is 2.82. The average Bonchev–Trinajstić information content (AvgIpc) is 2.61. The van der Waals surface area contributed by atoms with Gasteiger partial charge in [-0.25, -0.2) is 15.0 Å². The third-order valence-electron chi connectivity index (χ3n) is 4.63. The molecule has 3 aromatic rings. The van der Waals surface area contributed by atoms with E-state index in [0.717, 1.165) is 35.7 Å². The molecule has 0 N–H and O–H groups in total. The van der Waals surface area contributed by atoms with Gasteiger partial charge in [-0.15, -0.1) is 0 Å². The van der Waals surface area contributed by atoms with E-state index >= 15 is 0 Å². The molecule has 1 aliphatic rings. The fourth-order valence-corrected chi connectivity index (χ4v) is 3.33. The standard InChI is InChI=1S/C21H21N3/c1-14-10-12-16(13-11-14)20-17-7-3-4-8-18(17)23-21(24-20)19-9-5-6-15(2)22-19/h5-6,9-13H,3-4,7-8H2,1-2H3. The molecule has 0 spiro atoms. The minimum Gasteiger partial charge on any atom is -0.250 e. The van der Waals surface area contributed by atoms with Crippen LogP contribution in [0.15, 0.2) is 42.5 Å². The van der Waals surface area contributed by atoms with Crippen molar-refractivity contribution in [3.63, 3.8) is 0 Å². The third-order valence-corrected chi connectivity index (χ3v) is 4.63. The lowest BCUT2D eigenvalue weighted by atomic mass is 9.92. The molecule has 0 fully saturated rings. The number of aryl methyl sites for hydroxylation is 3. The van der Waals surface area contributed by atoms with E-state index in [4.69, 9.17) is 9.97 Å². The Morgan fingerprint density at radius 3 is 2.38 bits per heavy atom. The van der Waals surface area contributed by atoms with Crippen molar-refractivity contribution in [3.05, 3.63) is 65.0 Å². The SMILES string of the molecule is Cc1ccc(-c2nc(-c3cccc(C)n3)nc3c2CCCC3)cc1. The predicted molar refractivity (Wildman–Crippen MR) is 96.8 cm³/mol. The minimum absolute atomic E-state index is 0.745. The van der Waals surface area contributed by atoms with Crippen molar-refractivity contribution in [1.29, 1.82) is 0 Å². The highest BCUT2D eigenvalue weighted by Crippen LogP contribution is 2.31. The first kappa shape index (κ1) is 15.0. The van der Waals surface area contributed by atoms with Crippen LogP contribution in [0.2, 0.25) is 0 Å². The molecule has 24 heavy (non-hydrogen) atoms. The van der Waals surface area contributed by atoms with Crippen LogP contribution >= 0.6 is 0 Å². The van der Waals surface area contributed by atoms with Crippen LogP contribution in [0, 0.1) is 13.8 Å². The average molecular weight is 315 g/mol. The van der Waals surface area contributed by atoms with Crippen molar-refractivity contribution in [2.45, 2.75) is 39.5 Å². The molecule has 1 aliphatic carbocycles. The van der Waals surface area contributed by atoms with Crippen LogP contribution in [-0.2, 0) is 12.8 Å². The van der Waals surface area contributed by atoms with E-state index in [1.165, 1.54) is 35.2 Å². The Morgan fingerprint density at radius 1 is 0.792 bits per heavy atom. The molecule has 120 valence electrons. The number of pyridine rings is 1. The van der Waals surface area contributed by atoms with Crippen LogP contribution in [0.1, 0.15) is 35.4 Å². The van der Waals surface area contributed by atoms with Gasteiger partial charge in [0.05, 0.1) is 5.69 Å². The van der Waals surface area contributed by atoms with Crippen LogP contribution in [0.3, 0.4) is 0 Å². The molecule has 2 aromatic heterocycles. The molecule has 2 heterocycles. The summed E-state index contributed by atoms with van der Waals surface area (Å²) >= 11 is 0. The number of hydrogen-bond acceptors (Lipinski definition) is 3. The van der Waals surface area contributed by atoms with E-state index in [1.54, 1.807) is 0 Å². The quantitative estimate of drug-likeness (QED) is 0.688. The van der Waals surface area contributed by atoms with Gasteiger partial charge in [-0.3, -0.25) is 0 Å². The predicted octanol–water partition coefficient (Wildman–Crippen LogP) is 4.70. The summed E-state index contributed by atoms with van der Waals surface area (Å²) in [5.74, 6) is 0.745. The highest BCUT2D eigenvalue weighted by molar-refractivity contribution is 5.67. The second-order valence-electron chi connectivity index (χ2n) is 6.56. The summed E-state index contributed by atoms with van der Waals surface area (Å²) in [6, 6.07) is 14.7. The first-order valence-corrected chi connectivity index (χ1v) is 8.61. The summed E-state index contributed by atoms with van der Waals surface area (Å²) in [4.78, 5) is 14.4. The van der Waals surface area contributed by atoms with Gasteiger partial charge in [0.2, 0.25) is 0 Å². The molecular formula is C21H21N3. The second kappa shape index (κ2) is 6.16. The Hall–Kier alpha value is -2.55. The summed E-state index contributed by atoms with van der Waals surface area (Å²) < 4.78 is 0. The van der Waals surface area contributed by atoms with Gasteiger partial charge >= 0.3 is 0 Å². The van der Waals surface area contributed by atoms with E-state index in [2.05, 4.69) is 36.2 Å².